The minimum absolute atomic E-state index is 0.132. The number of carbonyl (C=O) groups is 2. The van der Waals surface area contributed by atoms with Crippen LogP contribution in [0.2, 0.25) is 5.02 Å². The maximum atomic E-state index is 13.2. The van der Waals surface area contributed by atoms with E-state index < -0.39 is 0 Å². The number of nitrogens with zero attached hydrogens (tertiary/aromatic N) is 4. The van der Waals surface area contributed by atoms with Gasteiger partial charge in [0.1, 0.15) is 22.9 Å². The summed E-state index contributed by atoms with van der Waals surface area (Å²) in [5.41, 5.74) is 8.25. The van der Waals surface area contributed by atoms with Gasteiger partial charge < -0.3 is 4.74 Å². The second kappa shape index (κ2) is 15.5. The van der Waals surface area contributed by atoms with Crippen LogP contribution in [0.4, 0.5) is 34.1 Å². The van der Waals surface area contributed by atoms with Crippen LogP contribution in [0.25, 0.3) is 0 Å². The number of benzene rings is 7. The summed E-state index contributed by atoms with van der Waals surface area (Å²) in [5.74, 6) is 1.22. The van der Waals surface area contributed by atoms with Gasteiger partial charge in [0.25, 0.3) is 11.8 Å². The van der Waals surface area contributed by atoms with Gasteiger partial charge in [-0.2, -0.15) is 0 Å². The molecular formula is C47H33ClN4O3. The summed E-state index contributed by atoms with van der Waals surface area (Å²) in [6, 6.07) is 57.2. The number of carbonyl (C=O) groups excluding carboxylic acids is 2. The van der Waals surface area contributed by atoms with Gasteiger partial charge in [-0.05, 0) is 103 Å². The van der Waals surface area contributed by atoms with Crippen LogP contribution in [0.5, 0.6) is 11.5 Å². The first-order chi connectivity index (χ1) is 26.9. The highest BCUT2D eigenvalue weighted by Gasteiger charge is 2.36. The molecule has 2 amide bonds. The summed E-state index contributed by atoms with van der Waals surface area (Å²) >= 11 is 6.13. The van der Waals surface area contributed by atoms with E-state index in [9.17, 15) is 9.59 Å². The number of hydrogen-bond acceptors (Lipinski definition) is 5. The molecule has 7 nitrogen and oxygen atoms in total. The van der Waals surface area contributed by atoms with Crippen LogP contribution in [-0.4, -0.2) is 23.2 Å². The molecule has 0 unspecified atom stereocenters. The highest BCUT2D eigenvalue weighted by Crippen LogP contribution is 2.38. The topological polar surface area (TPSA) is 74.6 Å². The van der Waals surface area contributed by atoms with Crippen LogP contribution in [-0.2, 0) is 9.59 Å². The number of fused-ring (bicyclic) bond motifs is 2. The molecule has 0 N–H and O–H groups in total. The normalized spacial score (nSPS) is 14.4. The summed E-state index contributed by atoms with van der Waals surface area (Å²) < 4.78 is 5.83. The van der Waals surface area contributed by atoms with E-state index in [0.717, 1.165) is 45.2 Å². The molecule has 0 atom stereocenters. The lowest BCUT2D eigenvalue weighted by Crippen LogP contribution is -2.25. The van der Waals surface area contributed by atoms with Gasteiger partial charge >= 0.3 is 0 Å². The lowest BCUT2D eigenvalue weighted by molar-refractivity contribution is -0.112. The van der Waals surface area contributed by atoms with E-state index in [2.05, 4.69) is 9.98 Å². The van der Waals surface area contributed by atoms with Crippen molar-refractivity contribution in [3.8, 4) is 11.5 Å². The number of para-hydroxylation sites is 5. The minimum Gasteiger partial charge on any atom is -0.457 e. The van der Waals surface area contributed by atoms with E-state index in [0.29, 0.717) is 33.6 Å². The zero-order valence-corrected chi connectivity index (χ0v) is 30.5. The zero-order chi connectivity index (χ0) is 37.7. The second-order valence-corrected chi connectivity index (χ2v) is 13.2. The predicted octanol–water partition coefficient (Wildman–Crippen LogP) is 11.7. The van der Waals surface area contributed by atoms with E-state index in [4.69, 9.17) is 16.3 Å². The van der Waals surface area contributed by atoms with Crippen molar-refractivity contribution in [1.29, 1.82) is 0 Å². The lowest BCUT2D eigenvalue weighted by Gasteiger charge is -2.16. The molecule has 7 aromatic rings. The molecule has 0 saturated heterocycles. The van der Waals surface area contributed by atoms with Crippen LogP contribution in [0, 0.1) is 6.92 Å². The summed E-state index contributed by atoms with van der Waals surface area (Å²) in [5, 5.41) is 0.609. The molecule has 0 bridgehead atoms. The van der Waals surface area contributed by atoms with Gasteiger partial charge in [0.05, 0.1) is 22.7 Å². The molecule has 0 aliphatic carbocycles. The molecule has 0 aromatic heterocycles. The molecular weight excluding hydrogens is 704 g/mol. The number of halogens is 1. The Kier molecular flexibility index (Phi) is 9.84. The summed E-state index contributed by atoms with van der Waals surface area (Å²) in [4.78, 5) is 39.0. The fourth-order valence-electron chi connectivity index (χ4n) is 6.53. The highest BCUT2D eigenvalue weighted by molar-refractivity contribution is 6.56. The van der Waals surface area contributed by atoms with Crippen LogP contribution >= 0.6 is 11.6 Å². The SMILES string of the molecule is Cc1cc(Cl)cc(N=C2C(=O)N(c3ccccc3)c3ccccc32)c1.O=C1C(=Nc2ccc(Oc3ccccc3)cc2)c2ccccc2N1c1ccccc1. The Morgan fingerprint density at radius 3 is 1.42 bits per heavy atom. The number of ether oxygens (including phenoxy) is 1. The fourth-order valence-corrected chi connectivity index (χ4v) is 6.82. The van der Waals surface area contributed by atoms with Crippen molar-refractivity contribution in [2.75, 3.05) is 9.80 Å². The molecule has 0 fully saturated rings. The first kappa shape index (κ1) is 35.0. The van der Waals surface area contributed by atoms with Gasteiger partial charge in [-0.15, -0.1) is 0 Å². The zero-order valence-electron chi connectivity index (χ0n) is 29.7. The van der Waals surface area contributed by atoms with Crippen molar-refractivity contribution in [1.82, 2.24) is 0 Å². The van der Waals surface area contributed by atoms with Crippen LogP contribution in [0.3, 0.4) is 0 Å². The predicted molar refractivity (Wildman–Crippen MR) is 222 cm³/mol. The maximum Gasteiger partial charge on any atom is 0.282 e. The van der Waals surface area contributed by atoms with Gasteiger partial charge in [-0.1, -0.05) is 103 Å². The third kappa shape index (κ3) is 7.42. The maximum absolute atomic E-state index is 13.2. The Morgan fingerprint density at radius 2 is 0.909 bits per heavy atom. The number of rotatable bonds is 6. The molecule has 2 heterocycles. The van der Waals surface area contributed by atoms with Crippen molar-refractivity contribution in [3.63, 3.8) is 0 Å². The first-order valence-corrected chi connectivity index (χ1v) is 18.1. The number of aliphatic imine (C=N–C) groups is 2. The summed E-state index contributed by atoms with van der Waals surface area (Å²) in [6.07, 6.45) is 0. The average molecular weight is 737 g/mol. The number of amides is 2. The monoisotopic (exact) mass is 736 g/mol. The van der Waals surface area contributed by atoms with E-state index >= 15 is 0 Å². The molecule has 0 spiro atoms. The third-order valence-electron chi connectivity index (χ3n) is 8.96. The van der Waals surface area contributed by atoms with Crippen LogP contribution in [0.1, 0.15) is 16.7 Å². The molecule has 55 heavy (non-hydrogen) atoms. The van der Waals surface area contributed by atoms with Crippen LogP contribution in [0.15, 0.2) is 192 Å². The molecule has 0 radical (unpaired) electrons. The third-order valence-corrected chi connectivity index (χ3v) is 9.18. The Labute approximate surface area is 324 Å². The number of aryl methyl sites for hydroxylation is 1. The van der Waals surface area contributed by atoms with Crippen molar-refractivity contribution >= 4 is 69.0 Å². The van der Waals surface area contributed by atoms with E-state index in [-0.39, 0.29) is 11.8 Å². The lowest BCUT2D eigenvalue weighted by atomic mass is 10.1. The van der Waals surface area contributed by atoms with Gasteiger partial charge in [-0.25, -0.2) is 9.98 Å². The van der Waals surface area contributed by atoms with Crippen molar-refractivity contribution in [2.24, 2.45) is 9.98 Å². The Morgan fingerprint density at radius 1 is 0.473 bits per heavy atom. The average Bonchev–Trinajstić information content (AvgIpc) is 3.65. The summed E-state index contributed by atoms with van der Waals surface area (Å²) in [6.45, 7) is 1.95. The standard InChI is InChI=1S/C26H18N2O2.C21H15ClN2O/c29-26-25(23-13-7-8-14-24(23)28(26)20-9-3-1-4-10-20)27-19-15-17-22(18-16-19)30-21-11-5-2-6-12-21;1-14-11-15(22)13-16(12-14)23-20-18-9-5-6-10-19(18)24(21(20)25)17-7-3-2-4-8-17/h1-18H;2-13H,1H3. The van der Waals surface area contributed by atoms with Crippen LogP contribution < -0.4 is 14.5 Å². The largest absolute Gasteiger partial charge is 0.457 e. The van der Waals surface area contributed by atoms with Gasteiger partial charge in [0.15, 0.2) is 0 Å². The Hall–Kier alpha value is -7.09. The van der Waals surface area contributed by atoms with Crippen molar-refractivity contribution < 1.29 is 14.3 Å². The Bertz CT molecular complexity index is 2550. The molecule has 2 aliphatic rings. The quantitative estimate of drug-likeness (QED) is 0.171. The molecule has 9 rings (SSSR count). The Balaban J connectivity index is 0.000000158. The van der Waals surface area contributed by atoms with Gasteiger partial charge in [0.2, 0.25) is 0 Å². The number of hydrogen-bond donors (Lipinski definition) is 0. The van der Waals surface area contributed by atoms with Crippen molar-refractivity contribution in [2.45, 2.75) is 6.92 Å². The second-order valence-electron chi connectivity index (χ2n) is 12.8. The molecule has 0 saturated carbocycles. The number of anilines is 4. The van der Waals surface area contributed by atoms with E-state index in [1.807, 2.05) is 183 Å². The minimum atomic E-state index is -0.134. The molecule has 266 valence electrons. The summed E-state index contributed by atoms with van der Waals surface area (Å²) in [7, 11) is 0. The first-order valence-electron chi connectivity index (χ1n) is 17.7. The molecule has 7 aromatic carbocycles. The molecule has 2 aliphatic heterocycles. The highest BCUT2D eigenvalue weighted by atomic mass is 35.5. The fraction of sp³-hybridized carbons (Fsp3) is 0.0213. The molecule has 8 heteroatoms. The van der Waals surface area contributed by atoms with Gasteiger partial charge in [-0.3, -0.25) is 19.4 Å². The van der Waals surface area contributed by atoms with Gasteiger partial charge in [0, 0.05) is 27.5 Å². The van der Waals surface area contributed by atoms with E-state index in [1.165, 1.54) is 0 Å². The van der Waals surface area contributed by atoms with Crippen molar-refractivity contribution in [3.05, 3.63) is 204 Å². The smallest absolute Gasteiger partial charge is 0.282 e. The van der Waals surface area contributed by atoms with E-state index in [1.54, 1.807) is 15.9 Å².